The van der Waals surface area contributed by atoms with Crippen LogP contribution in [-0.2, 0) is 14.3 Å². The number of amides is 1. The van der Waals surface area contributed by atoms with E-state index in [1.807, 2.05) is 20.8 Å². The number of nitrogens with zero attached hydrogens (tertiary/aromatic N) is 1. The summed E-state index contributed by atoms with van der Waals surface area (Å²) in [5, 5.41) is 10.7. The number of hydrogen-bond donors (Lipinski definition) is 1. The number of rotatable bonds is 4. The molecule has 1 aliphatic rings. The Balaban J connectivity index is 2.07. The Bertz CT molecular complexity index is 647. The lowest BCUT2D eigenvalue weighted by Crippen LogP contribution is -2.44. The molecule has 1 heterocycles. The third-order valence-electron chi connectivity index (χ3n) is 4.72. The van der Waals surface area contributed by atoms with E-state index >= 15 is 0 Å². The molecule has 1 aliphatic heterocycles. The van der Waals surface area contributed by atoms with E-state index in [-0.39, 0.29) is 12.0 Å². The van der Waals surface area contributed by atoms with Crippen molar-refractivity contribution in [3.63, 3.8) is 0 Å². The largest absolute Gasteiger partial charge is 0.469 e. The molecule has 27 heavy (non-hydrogen) atoms. The van der Waals surface area contributed by atoms with Gasteiger partial charge in [0.05, 0.1) is 19.1 Å². The van der Waals surface area contributed by atoms with E-state index in [2.05, 4.69) is 0 Å². The van der Waals surface area contributed by atoms with Gasteiger partial charge in [-0.1, -0.05) is 12.1 Å². The predicted octanol–water partition coefficient (Wildman–Crippen LogP) is 3.30. The van der Waals surface area contributed by atoms with Crippen molar-refractivity contribution in [1.29, 1.82) is 0 Å². The SMILES string of the molecule is COC(=O)C(C1CCN(C(=O)OC(C)(C)C)CC1)C(O)c1ccc(F)cc1. The molecule has 7 heteroatoms. The Labute approximate surface area is 159 Å². The van der Waals surface area contributed by atoms with Crippen molar-refractivity contribution in [1.82, 2.24) is 4.90 Å². The molecule has 1 saturated heterocycles. The van der Waals surface area contributed by atoms with E-state index in [0.29, 0.717) is 31.5 Å². The zero-order chi connectivity index (χ0) is 20.2. The van der Waals surface area contributed by atoms with Crippen LogP contribution < -0.4 is 0 Å². The fourth-order valence-corrected chi connectivity index (χ4v) is 3.35. The van der Waals surface area contributed by atoms with Gasteiger partial charge in [-0.2, -0.15) is 0 Å². The summed E-state index contributed by atoms with van der Waals surface area (Å²) in [6.45, 7) is 6.30. The zero-order valence-electron chi connectivity index (χ0n) is 16.3. The molecule has 0 aliphatic carbocycles. The molecule has 0 radical (unpaired) electrons. The number of halogens is 1. The lowest BCUT2D eigenvalue weighted by Gasteiger charge is -2.37. The van der Waals surface area contributed by atoms with Crippen molar-refractivity contribution >= 4 is 12.1 Å². The van der Waals surface area contributed by atoms with E-state index in [1.165, 1.54) is 31.4 Å². The number of ether oxygens (including phenoxy) is 2. The maximum Gasteiger partial charge on any atom is 0.410 e. The van der Waals surface area contributed by atoms with Crippen molar-refractivity contribution in [3.8, 4) is 0 Å². The standard InChI is InChI=1S/C20H28FNO5/c1-20(2,3)27-19(25)22-11-9-13(10-12-22)16(18(24)26-4)17(23)14-5-7-15(21)8-6-14/h5-8,13,16-17,23H,9-12H2,1-4H3. The van der Waals surface area contributed by atoms with Crippen molar-refractivity contribution in [3.05, 3.63) is 35.6 Å². The molecule has 150 valence electrons. The molecule has 2 atom stereocenters. The highest BCUT2D eigenvalue weighted by Gasteiger charge is 2.39. The Hall–Kier alpha value is -2.15. The van der Waals surface area contributed by atoms with Gasteiger partial charge in [-0.05, 0) is 57.2 Å². The summed E-state index contributed by atoms with van der Waals surface area (Å²) in [5.41, 5.74) is -0.109. The molecule has 1 aromatic rings. The minimum Gasteiger partial charge on any atom is -0.469 e. The van der Waals surface area contributed by atoms with Gasteiger partial charge in [0, 0.05) is 13.1 Å². The molecule has 6 nitrogen and oxygen atoms in total. The van der Waals surface area contributed by atoms with Crippen molar-refractivity contribution in [2.45, 2.75) is 45.3 Å². The number of aliphatic hydroxyl groups is 1. The Morgan fingerprint density at radius 1 is 1.19 bits per heavy atom. The van der Waals surface area contributed by atoms with Gasteiger partial charge in [0.15, 0.2) is 0 Å². The first-order chi connectivity index (χ1) is 12.6. The predicted molar refractivity (Wildman–Crippen MR) is 97.4 cm³/mol. The topological polar surface area (TPSA) is 76.1 Å². The van der Waals surface area contributed by atoms with Crippen LogP contribution in [0.2, 0.25) is 0 Å². The number of benzene rings is 1. The second-order valence-corrected chi connectivity index (χ2v) is 7.85. The van der Waals surface area contributed by atoms with Crippen molar-refractivity contribution < 1.29 is 28.6 Å². The molecule has 1 fully saturated rings. The summed E-state index contributed by atoms with van der Waals surface area (Å²) in [5.74, 6) is -1.86. The van der Waals surface area contributed by atoms with Crippen LogP contribution >= 0.6 is 0 Å². The zero-order valence-corrected chi connectivity index (χ0v) is 16.3. The lowest BCUT2D eigenvalue weighted by molar-refractivity contribution is -0.153. The summed E-state index contributed by atoms with van der Waals surface area (Å²) in [7, 11) is 1.28. The van der Waals surface area contributed by atoms with Gasteiger partial charge in [0.25, 0.3) is 0 Å². The molecule has 0 bridgehead atoms. The third kappa shape index (κ3) is 5.66. The van der Waals surface area contributed by atoms with Crippen LogP contribution in [0, 0.1) is 17.7 Å². The summed E-state index contributed by atoms with van der Waals surface area (Å²) < 4.78 is 23.4. The second-order valence-electron chi connectivity index (χ2n) is 7.85. The number of carbonyl (C=O) groups excluding carboxylic acids is 2. The number of hydrogen-bond acceptors (Lipinski definition) is 5. The van der Waals surface area contributed by atoms with Crippen LogP contribution in [0.15, 0.2) is 24.3 Å². The first-order valence-electron chi connectivity index (χ1n) is 9.11. The lowest BCUT2D eigenvalue weighted by atomic mass is 9.79. The van der Waals surface area contributed by atoms with Gasteiger partial charge in [-0.25, -0.2) is 9.18 Å². The highest BCUT2D eigenvalue weighted by atomic mass is 19.1. The molecule has 0 saturated carbocycles. The van der Waals surface area contributed by atoms with E-state index in [0.717, 1.165) is 0 Å². The monoisotopic (exact) mass is 381 g/mol. The van der Waals surface area contributed by atoms with E-state index in [1.54, 1.807) is 4.90 Å². The van der Waals surface area contributed by atoms with E-state index in [4.69, 9.17) is 9.47 Å². The van der Waals surface area contributed by atoms with Gasteiger partial charge in [-0.15, -0.1) is 0 Å². The maximum absolute atomic E-state index is 13.1. The van der Waals surface area contributed by atoms with Crippen LogP contribution in [0.3, 0.4) is 0 Å². The number of carbonyl (C=O) groups is 2. The van der Waals surface area contributed by atoms with Gasteiger partial charge < -0.3 is 19.5 Å². The maximum atomic E-state index is 13.1. The van der Waals surface area contributed by atoms with Crippen LogP contribution in [0.1, 0.15) is 45.3 Å². The van der Waals surface area contributed by atoms with Gasteiger partial charge in [0.1, 0.15) is 11.4 Å². The molecule has 2 unspecified atom stereocenters. The van der Waals surface area contributed by atoms with Crippen LogP contribution in [0.5, 0.6) is 0 Å². The van der Waals surface area contributed by atoms with Gasteiger partial charge >= 0.3 is 12.1 Å². The minimum absolute atomic E-state index is 0.156. The normalized spacial score (nSPS) is 17.9. The highest BCUT2D eigenvalue weighted by Crippen LogP contribution is 2.35. The molecule has 0 aromatic heterocycles. The minimum atomic E-state index is -1.10. The Morgan fingerprint density at radius 3 is 2.22 bits per heavy atom. The number of likely N-dealkylation sites (tertiary alicyclic amines) is 1. The molecule has 1 N–H and O–H groups in total. The van der Waals surface area contributed by atoms with Crippen LogP contribution in [-0.4, -0.2) is 47.9 Å². The number of aliphatic hydroxyl groups excluding tert-OH is 1. The smallest absolute Gasteiger partial charge is 0.410 e. The molecule has 2 rings (SSSR count). The van der Waals surface area contributed by atoms with Gasteiger partial charge in [0.2, 0.25) is 0 Å². The summed E-state index contributed by atoms with van der Waals surface area (Å²) in [4.78, 5) is 26.1. The van der Waals surface area contributed by atoms with Crippen molar-refractivity contribution in [2.24, 2.45) is 11.8 Å². The van der Waals surface area contributed by atoms with E-state index < -0.39 is 29.4 Å². The summed E-state index contributed by atoms with van der Waals surface area (Å²) >= 11 is 0. The average Bonchev–Trinajstić information content (AvgIpc) is 2.61. The van der Waals surface area contributed by atoms with E-state index in [9.17, 15) is 19.1 Å². The summed E-state index contributed by atoms with van der Waals surface area (Å²) in [6.07, 6.45) is -0.403. The van der Waals surface area contributed by atoms with Crippen molar-refractivity contribution in [2.75, 3.05) is 20.2 Å². The first kappa shape index (κ1) is 21.2. The van der Waals surface area contributed by atoms with Gasteiger partial charge in [-0.3, -0.25) is 4.79 Å². The first-order valence-corrected chi connectivity index (χ1v) is 9.11. The quantitative estimate of drug-likeness (QED) is 0.810. The van der Waals surface area contributed by atoms with Crippen LogP contribution in [0.4, 0.5) is 9.18 Å². The number of methoxy groups -OCH3 is 1. The molecule has 1 amide bonds. The molecular formula is C20H28FNO5. The fraction of sp³-hybridized carbons (Fsp3) is 0.600. The number of esters is 1. The molecular weight excluding hydrogens is 353 g/mol. The summed E-state index contributed by atoms with van der Waals surface area (Å²) in [6, 6.07) is 5.42. The second kappa shape index (κ2) is 8.69. The number of piperidine rings is 1. The molecule has 1 aromatic carbocycles. The molecule has 0 spiro atoms. The Kier molecular flexibility index (Phi) is 6.81. The average molecular weight is 381 g/mol. The highest BCUT2D eigenvalue weighted by molar-refractivity contribution is 5.74. The third-order valence-corrected chi connectivity index (χ3v) is 4.72. The Morgan fingerprint density at radius 2 is 1.74 bits per heavy atom. The fourth-order valence-electron chi connectivity index (χ4n) is 3.35. The van der Waals surface area contributed by atoms with Crippen LogP contribution in [0.25, 0.3) is 0 Å².